The first kappa shape index (κ1) is 8.74. The standard InChI is InChI=1S/C8H10N4O2/c1-2-12-4-10-3-5(12)6-7(13)11-8(9)14-6/h3-4,6H,2H2,1H3,(H2,9,11,13). The summed E-state index contributed by atoms with van der Waals surface area (Å²) in [5.41, 5.74) is 5.97. The van der Waals surface area contributed by atoms with Gasteiger partial charge >= 0.3 is 0 Å². The Morgan fingerprint density at radius 3 is 3.07 bits per heavy atom. The van der Waals surface area contributed by atoms with Crippen molar-refractivity contribution in [2.24, 2.45) is 10.7 Å². The lowest BCUT2D eigenvalue weighted by atomic mass is 10.2. The highest BCUT2D eigenvalue weighted by atomic mass is 16.5. The summed E-state index contributed by atoms with van der Waals surface area (Å²) in [5.74, 6) is -0.377. The molecule has 0 aromatic carbocycles. The molecule has 6 heteroatoms. The Morgan fingerprint density at radius 1 is 1.71 bits per heavy atom. The SMILES string of the molecule is CCn1cncc1C1OC(N)=NC1=O. The summed E-state index contributed by atoms with van der Waals surface area (Å²) >= 11 is 0. The van der Waals surface area contributed by atoms with Crippen molar-refractivity contribution in [3.63, 3.8) is 0 Å². The molecule has 14 heavy (non-hydrogen) atoms. The van der Waals surface area contributed by atoms with E-state index in [9.17, 15) is 4.79 Å². The van der Waals surface area contributed by atoms with Gasteiger partial charge in [0, 0.05) is 6.54 Å². The van der Waals surface area contributed by atoms with Crippen LogP contribution in [0.3, 0.4) is 0 Å². The highest BCUT2D eigenvalue weighted by molar-refractivity contribution is 5.98. The van der Waals surface area contributed by atoms with Crippen molar-refractivity contribution >= 4 is 11.9 Å². The van der Waals surface area contributed by atoms with Gasteiger partial charge < -0.3 is 15.0 Å². The van der Waals surface area contributed by atoms with Crippen LogP contribution in [0.1, 0.15) is 18.7 Å². The van der Waals surface area contributed by atoms with Crippen molar-refractivity contribution in [2.45, 2.75) is 19.6 Å². The molecular weight excluding hydrogens is 184 g/mol. The van der Waals surface area contributed by atoms with Crippen LogP contribution in [-0.4, -0.2) is 21.5 Å². The zero-order valence-corrected chi connectivity index (χ0v) is 7.67. The molecule has 0 fully saturated rings. The average Bonchev–Trinajstić information content (AvgIpc) is 2.71. The van der Waals surface area contributed by atoms with Gasteiger partial charge in [0.1, 0.15) is 0 Å². The molecule has 0 radical (unpaired) electrons. The average molecular weight is 194 g/mol. The van der Waals surface area contributed by atoms with Crippen LogP contribution in [0.2, 0.25) is 0 Å². The van der Waals surface area contributed by atoms with Crippen LogP contribution in [-0.2, 0) is 16.1 Å². The lowest BCUT2D eigenvalue weighted by Gasteiger charge is -2.09. The molecule has 2 N–H and O–H groups in total. The number of aromatic nitrogens is 2. The van der Waals surface area contributed by atoms with Crippen LogP contribution >= 0.6 is 0 Å². The Morgan fingerprint density at radius 2 is 2.50 bits per heavy atom. The Labute approximate surface area is 80.4 Å². The van der Waals surface area contributed by atoms with Crippen LogP contribution in [0.15, 0.2) is 17.5 Å². The summed E-state index contributed by atoms with van der Waals surface area (Å²) in [7, 11) is 0. The van der Waals surface area contributed by atoms with Crippen molar-refractivity contribution < 1.29 is 9.53 Å². The number of amides is 1. The monoisotopic (exact) mass is 194 g/mol. The third-order valence-electron chi connectivity index (χ3n) is 2.04. The second kappa shape index (κ2) is 3.13. The fourth-order valence-electron chi connectivity index (χ4n) is 1.37. The molecule has 1 aromatic heterocycles. The molecule has 1 unspecified atom stereocenters. The van der Waals surface area contributed by atoms with E-state index in [0.29, 0.717) is 5.69 Å². The Kier molecular flexibility index (Phi) is 1.95. The van der Waals surface area contributed by atoms with E-state index in [1.807, 2.05) is 11.5 Å². The lowest BCUT2D eigenvalue weighted by Crippen LogP contribution is -2.16. The zero-order chi connectivity index (χ0) is 10.1. The summed E-state index contributed by atoms with van der Waals surface area (Å²) in [6, 6.07) is -0.0798. The molecule has 2 heterocycles. The highest BCUT2D eigenvalue weighted by Crippen LogP contribution is 2.22. The molecule has 1 aliphatic rings. The van der Waals surface area contributed by atoms with Gasteiger partial charge in [0.25, 0.3) is 11.9 Å². The van der Waals surface area contributed by atoms with E-state index in [4.69, 9.17) is 10.5 Å². The number of hydrogen-bond acceptors (Lipinski definition) is 4. The van der Waals surface area contributed by atoms with Crippen molar-refractivity contribution in [1.82, 2.24) is 9.55 Å². The molecule has 0 saturated carbocycles. The van der Waals surface area contributed by atoms with Crippen LogP contribution in [0.4, 0.5) is 0 Å². The topological polar surface area (TPSA) is 82.5 Å². The zero-order valence-electron chi connectivity index (χ0n) is 7.67. The molecule has 0 bridgehead atoms. The number of ether oxygens (including phenoxy) is 1. The van der Waals surface area contributed by atoms with E-state index in [2.05, 4.69) is 9.98 Å². The van der Waals surface area contributed by atoms with Crippen molar-refractivity contribution in [3.8, 4) is 0 Å². The van der Waals surface area contributed by atoms with Gasteiger partial charge in [0.05, 0.1) is 18.2 Å². The molecule has 1 atom stereocenters. The molecule has 6 nitrogen and oxygen atoms in total. The second-order valence-corrected chi connectivity index (χ2v) is 2.89. The summed E-state index contributed by atoms with van der Waals surface area (Å²) in [6.07, 6.45) is 2.50. The van der Waals surface area contributed by atoms with Crippen LogP contribution in [0, 0.1) is 0 Å². The van der Waals surface area contributed by atoms with E-state index >= 15 is 0 Å². The van der Waals surface area contributed by atoms with E-state index in [0.717, 1.165) is 6.54 Å². The number of imidazole rings is 1. The fourth-order valence-corrected chi connectivity index (χ4v) is 1.37. The quantitative estimate of drug-likeness (QED) is 0.707. The number of carbonyl (C=O) groups excluding carboxylic acids is 1. The van der Waals surface area contributed by atoms with Gasteiger partial charge in [-0.3, -0.25) is 4.79 Å². The van der Waals surface area contributed by atoms with Crippen LogP contribution in [0.25, 0.3) is 0 Å². The van der Waals surface area contributed by atoms with Crippen molar-refractivity contribution in [1.29, 1.82) is 0 Å². The molecule has 0 spiro atoms. The third kappa shape index (κ3) is 1.24. The lowest BCUT2D eigenvalue weighted by molar-refractivity contribution is -0.123. The van der Waals surface area contributed by atoms with Crippen molar-refractivity contribution in [3.05, 3.63) is 18.2 Å². The Balaban J connectivity index is 2.29. The third-order valence-corrected chi connectivity index (χ3v) is 2.04. The van der Waals surface area contributed by atoms with Crippen LogP contribution in [0.5, 0.6) is 0 Å². The number of carbonyl (C=O) groups is 1. The maximum absolute atomic E-state index is 11.3. The molecule has 0 saturated heterocycles. The smallest absolute Gasteiger partial charge is 0.297 e. The number of amidine groups is 1. The Bertz CT molecular complexity index is 396. The second-order valence-electron chi connectivity index (χ2n) is 2.89. The van der Waals surface area contributed by atoms with E-state index in [-0.39, 0.29) is 11.9 Å². The first-order valence-corrected chi connectivity index (χ1v) is 4.27. The van der Waals surface area contributed by atoms with Gasteiger partial charge in [0.2, 0.25) is 6.10 Å². The van der Waals surface area contributed by atoms with Crippen molar-refractivity contribution in [2.75, 3.05) is 0 Å². The first-order valence-electron chi connectivity index (χ1n) is 4.27. The molecular formula is C8H10N4O2. The van der Waals surface area contributed by atoms with Gasteiger partial charge in [-0.1, -0.05) is 0 Å². The Hall–Kier alpha value is -1.85. The number of hydrogen-bond donors (Lipinski definition) is 1. The first-order chi connectivity index (χ1) is 6.72. The molecule has 74 valence electrons. The molecule has 1 aromatic rings. The fraction of sp³-hybridized carbons (Fsp3) is 0.375. The number of nitrogens with zero attached hydrogens (tertiary/aromatic N) is 3. The normalized spacial score (nSPS) is 20.8. The molecule has 2 rings (SSSR count). The van der Waals surface area contributed by atoms with Gasteiger partial charge in [-0.2, -0.15) is 4.99 Å². The summed E-state index contributed by atoms with van der Waals surface area (Å²) in [6.45, 7) is 2.68. The number of aliphatic imine (C=N–C) groups is 1. The predicted molar refractivity (Wildman–Crippen MR) is 48.4 cm³/mol. The van der Waals surface area contributed by atoms with Gasteiger partial charge in [-0.25, -0.2) is 4.98 Å². The van der Waals surface area contributed by atoms with E-state index in [1.54, 1.807) is 12.5 Å². The highest BCUT2D eigenvalue weighted by Gasteiger charge is 2.31. The summed E-state index contributed by atoms with van der Waals surface area (Å²) in [4.78, 5) is 18.7. The van der Waals surface area contributed by atoms with E-state index < -0.39 is 6.10 Å². The summed E-state index contributed by atoms with van der Waals surface area (Å²) in [5, 5.41) is 0. The minimum Gasteiger partial charge on any atom is -0.445 e. The number of rotatable bonds is 2. The van der Waals surface area contributed by atoms with Gasteiger partial charge in [-0.05, 0) is 6.92 Å². The van der Waals surface area contributed by atoms with Crippen LogP contribution < -0.4 is 5.73 Å². The molecule has 0 aliphatic carbocycles. The molecule has 1 amide bonds. The largest absolute Gasteiger partial charge is 0.445 e. The van der Waals surface area contributed by atoms with Gasteiger partial charge in [-0.15, -0.1) is 0 Å². The predicted octanol–water partition coefficient (Wildman–Crippen LogP) is -0.184. The molecule has 1 aliphatic heterocycles. The maximum atomic E-state index is 11.3. The van der Waals surface area contributed by atoms with Gasteiger partial charge in [0.15, 0.2) is 0 Å². The maximum Gasteiger partial charge on any atom is 0.297 e. The number of aryl methyl sites for hydroxylation is 1. The minimum atomic E-state index is -0.725. The number of nitrogens with two attached hydrogens (primary N) is 1. The summed E-state index contributed by atoms with van der Waals surface area (Å²) < 4.78 is 6.89. The minimum absolute atomic E-state index is 0.0798. The van der Waals surface area contributed by atoms with E-state index in [1.165, 1.54) is 0 Å².